The molecule has 0 unspecified atom stereocenters. The van der Waals surface area contributed by atoms with Crippen LogP contribution in [0.4, 0.5) is 14.5 Å². The second kappa shape index (κ2) is 12.1. The van der Waals surface area contributed by atoms with Gasteiger partial charge in [-0.1, -0.05) is 23.7 Å². The van der Waals surface area contributed by atoms with E-state index in [0.29, 0.717) is 50.3 Å². The number of carbonyl (C=O) groups is 3. The molecule has 2 heterocycles. The summed E-state index contributed by atoms with van der Waals surface area (Å²) in [6.07, 6.45) is 1.56. The maximum absolute atomic E-state index is 13.3. The summed E-state index contributed by atoms with van der Waals surface area (Å²) in [4.78, 5) is 46.6. The predicted molar refractivity (Wildman–Crippen MR) is 135 cm³/mol. The van der Waals surface area contributed by atoms with Gasteiger partial charge in [-0.2, -0.15) is 0 Å². The number of aromatic amines is 1. The first-order valence-corrected chi connectivity index (χ1v) is 12.2. The van der Waals surface area contributed by atoms with E-state index in [-0.39, 0.29) is 34.2 Å². The van der Waals surface area contributed by atoms with Crippen LogP contribution in [0.3, 0.4) is 0 Å². The van der Waals surface area contributed by atoms with E-state index >= 15 is 0 Å². The topological polar surface area (TPSA) is 107 Å². The number of halogens is 3. The molecule has 8 nitrogen and oxygen atoms in total. The fourth-order valence-corrected chi connectivity index (χ4v) is 4.35. The Balaban J connectivity index is 1.30. The lowest BCUT2D eigenvalue weighted by molar-refractivity contribution is 0.0924. The molecule has 37 heavy (non-hydrogen) atoms. The van der Waals surface area contributed by atoms with Crippen molar-refractivity contribution in [2.24, 2.45) is 0 Å². The van der Waals surface area contributed by atoms with Crippen molar-refractivity contribution in [1.82, 2.24) is 20.2 Å². The van der Waals surface area contributed by atoms with Crippen LogP contribution in [0, 0.1) is 5.82 Å². The lowest BCUT2D eigenvalue weighted by Crippen LogP contribution is -2.40. The second-order valence-corrected chi connectivity index (χ2v) is 9.18. The molecule has 3 N–H and O–H groups in total. The number of alkyl halides is 1. The lowest BCUT2D eigenvalue weighted by Gasteiger charge is -2.28. The minimum atomic E-state index is -0.754. The van der Waals surface area contributed by atoms with Crippen molar-refractivity contribution in [2.45, 2.75) is 25.4 Å². The van der Waals surface area contributed by atoms with Gasteiger partial charge in [-0.15, -0.1) is 0 Å². The molecule has 2 amide bonds. The summed E-state index contributed by atoms with van der Waals surface area (Å²) < 4.78 is 26.5. The molecule has 0 spiro atoms. The van der Waals surface area contributed by atoms with Gasteiger partial charge in [0.15, 0.2) is 11.5 Å². The number of hydrogen-bond acceptors (Lipinski definition) is 5. The molecular weight excluding hydrogens is 504 g/mol. The van der Waals surface area contributed by atoms with Crippen LogP contribution in [-0.2, 0) is 6.42 Å². The van der Waals surface area contributed by atoms with E-state index in [2.05, 4.69) is 25.5 Å². The number of carbonyl (C=O) groups excluding carboxylic acids is 3. The molecular formula is C26H26ClF2N5O3. The SMILES string of the molecule is O=C(Cc1ccc(NC(=O)c2nc[nH]c2C(=O)NCCN2CCC(F)CC2)cc1)c1ccc(F)cc1Cl. The minimum absolute atomic E-state index is 0.0401. The average Bonchev–Trinajstić information content (AvgIpc) is 3.37. The molecule has 0 radical (unpaired) electrons. The van der Waals surface area contributed by atoms with Crippen LogP contribution in [0.2, 0.25) is 5.02 Å². The number of amides is 2. The van der Waals surface area contributed by atoms with Gasteiger partial charge in [0.1, 0.15) is 17.7 Å². The molecule has 194 valence electrons. The van der Waals surface area contributed by atoms with Gasteiger partial charge in [-0.05, 0) is 48.7 Å². The molecule has 0 bridgehead atoms. The molecule has 0 saturated carbocycles. The molecule has 1 aliphatic rings. The third-order valence-corrected chi connectivity index (χ3v) is 6.43. The molecule has 4 rings (SSSR count). The van der Waals surface area contributed by atoms with E-state index < -0.39 is 23.8 Å². The number of aromatic nitrogens is 2. The van der Waals surface area contributed by atoms with Crippen LogP contribution in [0.25, 0.3) is 0 Å². The number of rotatable bonds is 9. The fourth-order valence-electron chi connectivity index (χ4n) is 4.07. The molecule has 1 saturated heterocycles. The number of imidazole rings is 1. The Morgan fingerprint density at radius 3 is 2.51 bits per heavy atom. The zero-order valence-electron chi connectivity index (χ0n) is 19.9. The highest BCUT2D eigenvalue weighted by Gasteiger charge is 2.22. The first-order valence-electron chi connectivity index (χ1n) is 11.9. The lowest BCUT2D eigenvalue weighted by atomic mass is 10.0. The number of nitrogens with one attached hydrogen (secondary N) is 3. The van der Waals surface area contributed by atoms with Crippen LogP contribution in [-0.4, -0.2) is 64.8 Å². The first kappa shape index (κ1) is 26.4. The van der Waals surface area contributed by atoms with Gasteiger partial charge in [0.25, 0.3) is 11.8 Å². The van der Waals surface area contributed by atoms with Gasteiger partial charge in [0.05, 0.1) is 11.3 Å². The number of nitrogens with zero attached hydrogens (tertiary/aromatic N) is 2. The maximum atomic E-state index is 13.3. The zero-order chi connectivity index (χ0) is 26.4. The molecule has 2 aromatic carbocycles. The number of piperidine rings is 1. The van der Waals surface area contributed by atoms with Crippen molar-refractivity contribution in [3.05, 3.63) is 82.1 Å². The standard InChI is InChI=1S/C26H26ClF2N5O3/c27-21-14-18(29)3-6-20(21)22(35)13-16-1-4-19(5-2-16)33-26(37)24-23(31-15-32-24)25(36)30-9-12-34-10-7-17(28)8-11-34/h1-6,14-15,17H,7-13H2,(H,30,36)(H,31,32)(H,33,37). The van der Waals surface area contributed by atoms with Crippen LogP contribution >= 0.6 is 11.6 Å². The number of Topliss-reactive ketones (excluding diaryl/α,β-unsaturated/α-hetero) is 1. The van der Waals surface area contributed by atoms with Gasteiger partial charge in [-0.3, -0.25) is 14.4 Å². The largest absolute Gasteiger partial charge is 0.349 e. The summed E-state index contributed by atoms with van der Waals surface area (Å²) in [5.74, 6) is -1.82. The molecule has 1 aliphatic heterocycles. The normalized spacial score (nSPS) is 14.4. The van der Waals surface area contributed by atoms with Crippen molar-refractivity contribution in [2.75, 3.05) is 31.5 Å². The van der Waals surface area contributed by atoms with Crippen LogP contribution in [0.5, 0.6) is 0 Å². The van der Waals surface area contributed by atoms with Crippen molar-refractivity contribution in [1.29, 1.82) is 0 Å². The monoisotopic (exact) mass is 529 g/mol. The van der Waals surface area contributed by atoms with E-state index in [9.17, 15) is 23.2 Å². The Hall–Kier alpha value is -3.63. The molecule has 0 aliphatic carbocycles. The predicted octanol–water partition coefficient (Wildman–Crippen LogP) is 4.04. The summed E-state index contributed by atoms with van der Waals surface area (Å²) in [6.45, 7) is 2.26. The smallest absolute Gasteiger partial charge is 0.276 e. The molecule has 11 heteroatoms. The Morgan fingerprint density at radius 1 is 1.08 bits per heavy atom. The Morgan fingerprint density at radius 2 is 1.81 bits per heavy atom. The molecule has 1 aromatic heterocycles. The van der Waals surface area contributed by atoms with Crippen molar-refractivity contribution in [3.8, 4) is 0 Å². The molecule has 0 atom stereocenters. The summed E-state index contributed by atoms with van der Waals surface area (Å²) in [5.41, 5.74) is 1.35. The highest BCUT2D eigenvalue weighted by Crippen LogP contribution is 2.20. The second-order valence-electron chi connectivity index (χ2n) is 8.77. The maximum Gasteiger partial charge on any atom is 0.276 e. The number of ketones is 1. The summed E-state index contributed by atoms with van der Waals surface area (Å²) in [5, 5.41) is 5.50. The molecule has 3 aromatic rings. The van der Waals surface area contributed by atoms with Gasteiger partial charge in [0, 0.05) is 43.9 Å². The van der Waals surface area contributed by atoms with E-state index in [4.69, 9.17) is 11.6 Å². The third kappa shape index (κ3) is 6.99. The zero-order valence-corrected chi connectivity index (χ0v) is 20.7. The fraction of sp³-hybridized carbons (Fsp3) is 0.308. The van der Waals surface area contributed by atoms with Crippen LogP contribution in [0.15, 0.2) is 48.8 Å². The summed E-state index contributed by atoms with van der Waals surface area (Å²) in [7, 11) is 0. The Bertz CT molecular complexity index is 1270. The van der Waals surface area contributed by atoms with Crippen LogP contribution in [0.1, 0.15) is 49.7 Å². The van der Waals surface area contributed by atoms with E-state index in [1.165, 1.54) is 18.5 Å². The summed E-state index contributed by atoms with van der Waals surface area (Å²) in [6, 6.07) is 10.2. The third-order valence-electron chi connectivity index (χ3n) is 6.12. The van der Waals surface area contributed by atoms with E-state index in [1.807, 2.05) is 0 Å². The van der Waals surface area contributed by atoms with Crippen LogP contribution < -0.4 is 10.6 Å². The van der Waals surface area contributed by atoms with E-state index in [0.717, 1.165) is 6.07 Å². The van der Waals surface area contributed by atoms with Crippen molar-refractivity contribution in [3.63, 3.8) is 0 Å². The Labute approximate surface area is 217 Å². The van der Waals surface area contributed by atoms with E-state index in [1.54, 1.807) is 24.3 Å². The minimum Gasteiger partial charge on any atom is -0.349 e. The van der Waals surface area contributed by atoms with Crippen molar-refractivity contribution < 1.29 is 23.2 Å². The highest BCUT2D eigenvalue weighted by molar-refractivity contribution is 6.34. The van der Waals surface area contributed by atoms with Gasteiger partial charge in [-0.25, -0.2) is 13.8 Å². The number of H-pyrrole nitrogens is 1. The number of benzene rings is 2. The first-order chi connectivity index (χ1) is 17.8. The molecule has 1 fully saturated rings. The van der Waals surface area contributed by atoms with Gasteiger partial charge < -0.3 is 20.5 Å². The summed E-state index contributed by atoms with van der Waals surface area (Å²) >= 11 is 5.97. The average molecular weight is 530 g/mol. The number of likely N-dealkylation sites (tertiary alicyclic amines) is 1. The highest BCUT2D eigenvalue weighted by atomic mass is 35.5. The number of hydrogen-bond donors (Lipinski definition) is 3. The Kier molecular flexibility index (Phi) is 8.62. The van der Waals surface area contributed by atoms with Crippen molar-refractivity contribution >= 4 is 34.9 Å². The van der Waals surface area contributed by atoms with Gasteiger partial charge >= 0.3 is 0 Å². The quantitative estimate of drug-likeness (QED) is 0.363. The number of anilines is 1. The van der Waals surface area contributed by atoms with Gasteiger partial charge in [0.2, 0.25) is 0 Å².